The molecule has 5 saturated heterocycles. The second kappa shape index (κ2) is 51.5. The maximum Gasteiger partial charge on any atom is 0.364 e. The van der Waals surface area contributed by atoms with Gasteiger partial charge in [-0.2, -0.15) is 0 Å². The third-order valence-electron chi connectivity index (χ3n) is 21.1. The van der Waals surface area contributed by atoms with Crippen LogP contribution in [0.5, 0.6) is 0 Å². The minimum Gasteiger partial charge on any atom is -0.477 e. The Morgan fingerprint density at radius 1 is 0.477 bits per heavy atom. The average Bonchev–Trinajstić information content (AvgIpc) is 0.750. The van der Waals surface area contributed by atoms with E-state index in [-0.39, 0.29) is 12.3 Å². The van der Waals surface area contributed by atoms with Crippen molar-refractivity contribution in [1.82, 2.24) is 16.0 Å². The van der Waals surface area contributed by atoms with E-state index in [1.165, 1.54) is 116 Å². The van der Waals surface area contributed by atoms with Crippen molar-refractivity contribution < 1.29 is 153 Å². The van der Waals surface area contributed by atoms with Gasteiger partial charge < -0.3 is 150 Å². The zero-order valence-corrected chi connectivity index (χ0v) is 64.2. The topological polar surface area (TPSA) is 541 Å². The Balaban J connectivity index is 1.39. The highest BCUT2D eigenvalue weighted by Crippen LogP contribution is 2.41. The summed E-state index contributed by atoms with van der Waals surface area (Å²) in [7, 11) is 0. The molecule has 0 aliphatic carbocycles. The fraction of sp³-hybridized carbons (Fsp3) is 0.920. The summed E-state index contributed by atoms with van der Waals surface area (Å²) in [6.45, 7) is 0.337. The maximum absolute atomic E-state index is 13.8. The number of nitrogens with one attached hydrogen (secondary N) is 3. The van der Waals surface area contributed by atoms with Gasteiger partial charge in [-0.3, -0.25) is 14.4 Å². The summed E-state index contributed by atoms with van der Waals surface area (Å²) in [4.78, 5) is 53.0. The quantitative estimate of drug-likeness (QED) is 0.0275. The molecule has 0 aromatic carbocycles. The van der Waals surface area contributed by atoms with Gasteiger partial charge >= 0.3 is 5.97 Å². The van der Waals surface area contributed by atoms with Gasteiger partial charge in [0, 0.05) is 26.7 Å². The van der Waals surface area contributed by atoms with Gasteiger partial charge in [-0.1, -0.05) is 193 Å². The smallest absolute Gasteiger partial charge is 0.364 e. The maximum atomic E-state index is 13.8. The predicted octanol–water partition coefficient (Wildman–Crippen LogP) is -0.262. The molecular formula is C75H135N3O31. The van der Waals surface area contributed by atoms with Crippen molar-refractivity contribution in [3.63, 3.8) is 0 Å². The second-order valence-electron chi connectivity index (χ2n) is 30.0. The van der Waals surface area contributed by atoms with Crippen LogP contribution in [0.3, 0.4) is 0 Å². The number of hydrogen-bond donors (Lipinski definition) is 20. The number of allylic oxidation sites excluding steroid dienone is 1. The number of aliphatic hydroxyl groups is 16. The van der Waals surface area contributed by atoms with E-state index in [0.717, 1.165) is 71.6 Å². The summed E-state index contributed by atoms with van der Waals surface area (Å²) in [6.07, 6.45) is -14.1. The molecule has 20 N–H and O–H groups in total. The number of rotatable bonds is 54. The van der Waals surface area contributed by atoms with Gasteiger partial charge in [0.2, 0.25) is 17.7 Å². The molecule has 0 radical (unpaired) electrons. The highest BCUT2D eigenvalue weighted by atomic mass is 16.8. The Kier molecular flexibility index (Phi) is 45.5. The lowest BCUT2D eigenvalue weighted by molar-refractivity contribution is -0.403. The number of carbonyl (C=O) groups is 4. The molecule has 636 valence electrons. The number of aliphatic carboxylic acids is 1. The first kappa shape index (κ1) is 96.2. The number of ether oxygens (including phenoxy) is 10. The fourth-order valence-electron chi connectivity index (χ4n) is 14.7. The molecule has 5 heterocycles. The van der Waals surface area contributed by atoms with Crippen molar-refractivity contribution >= 4 is 23.7 Å². The largest absolute Gasteiger partial charge is 0.477 e. The third kappa shape index (κ3) is 30.3. The van der Waals surface area contributed by atoms with Gasteiger partial charge in [-0.15, -0.1) is 0 Å². The Morgan fingerprint density at radius 2 is 0.908 bits per heavy atom. The summed E-state index contributed by atoms with van der Waals surface area (Å²) in [6, 6.07) is -4.81. The number of amides is 3. The van der Waals surface area contributed by atoms with E-state index < -0.39 is 235 Å². The first-order valence-electron chi connectivity index (χ1n) is 40.1. The minimum absolute atomic E-state index is 0.135. The van der Waals surface area contributed by atoms with E-state index in [2.05, 4.69) is 29.8 Å². The fourth-order valence-corrected chi connectivity index (χ4v) is 14.7. The predicted molar refractivity (Wildman–Crippen MR) is 388 cm³/mol. The van der Waals surface area contributed by atoms with Gasteiger partial charge in [0.15, 0.2) is 25.2 Å². The van der Waals surface area contributed by atoms with Crippen LogP contribution in [-0.4, -0.2) is 321 Å². The van der Waals surface area contributed by atoms with E-state index in [0.29, 0.717) is 12.8 Å². The van der Waals surface area contributed by atoms with Crippen LogP contribution in [0.25, 0.3) is 0 Å². The van der Waals surface area contributed by atoms with E-state index in [9.17, 15) is 106 Å². The number of carboxylic acids is 1. The van der Waals surface area contributed by atoms with Crippen molar-refractivity contribution in [1.29, 1.82) is 0 Å². The van der Waals surface area contributed by atoms with Crippen LogP contribution in [0, 0.1) is 0 Å². The first-order chi connectivity index (χ1) is 52.3. The van der Waals surface area contributed by atoms with Gasteiger partial charge in [0.25, 0.3) is 5.79 Å². The highest BCUT2D eigenvalue weighted by molar-refractivity contribution is 5.77. The van der Waals surface area contributed by atoms with Gasteiger partial charge in [0.05, 0.1) is 63.9 Å². The summed E-state index contributed by atoms with van der Waals surface area (Å²) in [5.41, 5.74) is 0. The van der Waals surface area contributed by atoms with E-state index in [1.807, 2.05) is 6.08 Å². The molecule has 34 nitrogen and oxygen atoms in total. The number of aliphatic hydroxyl groups excluding tert-OH is 16. The van der Waals surface area contributed by atoms with Crippen LogP contribution < -0.4 is 16.0 Å². The molecular weight excluding hydrogens is 1440 g/mol. The SMILES string of the molecule is CCCCCCCCCCCCCCC/C=C/[C@@H](O)[C@H](CO[C@@H]1O[C@H](CO)[C@@H](O[C@@H]2O[C@H](CO)[C@H](O[C@@H]3O[C@H](CO)[C@H](O)[C@H](O[C@@H]4O[C@H](CO)[C@H](O)[C@H](O)[C@H]4O)[C@H]3NC(C)=O)[C@H](O[C@]3(C(=O)O)C[C@H](O)[C@@H](NC(C)=O)[C@@H]([C@@H](O)[C@H](O)CO)O3)[C@H]2O)[C@H](O)[C@H]1O)NC(=O)CCCCCCCCCCCCCCCCC. The summed E-state index contributed by atoms with van der Waals surface area (Å²) >= 11 is 0. The van der Waals surface area contributed by atoms with Crippen molar-refractivity contribution in [3.05, 3.63) is 12.2 Å². The molecule has 5 aliphatic heterocycles. The molecule has 0 bridgehead atoms. The molecule has 0 unspecified atom stereocenters. The molecule has 0 aromatic rings. The Hall–Kier alpha value is -3.42. The molecule has 5 rings (SSSR count). The molecule has 3 amide bonds. The Bertz CT molecular complexity index is 2540. The van der Waals surface area contributed by atoms with Crippen LogP contribution in [-0.2, 0) is 66.5 Å². The van der Waals surface area contributed by atoms with Crippen molar-refractivity contribution in [3.8, 4) is 0 Å². The molecule has 34 heteroatoms. The molecule has 109 heavy (non-hydrogen) atoms. The lowest BCUT2D eigenvalue weighted by Gasteiger charge is -2.52. The first-order valence-corrected chi connectivity index (χ1v) is 40.1. The van der Waals surface area contributed by atoms with E-state index >= 15 is 0 Å². The third-order valence-corrected chi connectivity index (χ3v) is 21.1. The number of carboxylic acid groups (broad SMARTS) is 1. The molecule has 0 spiro atoms. The molecule has 0 aromatic heterocycles. The normalized spacial score (nSPS) is 34.2. The average molecular weight is 1570 g/mol. The van der Waals surface area contributed by atoms with Gasteiger partial charge in [0.1, 0.15) is 116 Å². The Labute approximate surface area is 640 Å². The van der Waals surface area contributed by atoms with Crippen LogP contribution in [0.15, 0.2) is 12.2 Å². The number of carbonyl (C=O) groups excluding carboxylic acids is 3. The Morgan fingerprint density at radius 3 is 1.41 bits per heavy atom. The van der Waals surface area contributed by atoms with Crippen LogP contribution >= 0.6 is 0 Å². The van der Waals surface area contributed by atoms with Gasteiger partial charge in [-0.05, 0) is 19.3 Å². The van der Waals surface area contributed by atoms with Crippen LogP contribution in [0.4, 0.5) is 0 Å². The van der Waals surface area contributed by atoms with Crippen LogP contribution in [0.2, 0.25) is 0 Å². The summed E-state index contributed by atoms with van der Waals surface area (Å²) in [5.74, 6) is -7.71. The lowest BCUT2D eigenvalue weighted by Crippen LogP contribution is -2.72. The van der Waals surface area contributed by atoms with Crippen molar-refractivity contribution in [2.24, 2.45) is 0 Å². The monoisotopic (exact) mass is 1570 g/mol. The van der Waals surface area contributed by atoms with Gasteiger partial charge in [-0.25, -0.2) is 4.79 Å². The minimum atomic E-state index is -3.38. The molecule has 28 atom stereocenters. The van der Waals surface area contributed by atoms with E-state index in [1.54, 1.807) is 6.08 Å². The molecule has 5 fully saturated rings. The zero-order valence-electron chi connectivity index (χ0n) is 64.2. The summed E-state index contributed by atoms with van der Waals surface area (Å²) < 4.78 is 60.1. The number of hydrogen-bond acceptors (Lipinski definition) is 30. The standard InChI is InChI=1S/C75H135N3O31/c1-5-7-9-11-13-15-17-19-21-23-25-27-29-31-33-35-47(86)46(78-54(89)36-34-32-30-28-26-24-22-20-18-16-14-12-10-8-6-2)43-100-71-63(96)61(94)65(52(41-82)103-71)105-73-64(97)69(109-75(74(98)99)37-48(87)55(76-44(3)84)68(108-75)57(90)49(88)38-79)66(53(42-83)104-73)106-70-56(77-45(4)85)67(59(92)51(40-81)101-70)107-72-62(95)60(93)58(91)50(39-80)102-72/h33,35,46-53,55-73,79-83,86-88,90-97H,5-32,34,36-43H2,1-4H3,(H,76,84)(H,77,85)(H,78,89)(H,98,99)/b35-33+/t46-,47+,48-,49+,50+,51+,52+,53+,55+,56+,57-,58-,59-,60-,61+,62+,63+,64+,65+,66-,67+,68-,69+,70-,71+,72-,73-,75-/m0/s1. The number of unbranched alkanes of at least 4 members (excludes halogenated alkanes) is 27. The zero-order chi connectivity index (χ0) is 80.2. The molecule has 5 aliphatic rings. The molecule has 0 saturated carbocycles. The van der Waals surface area contributed by atoms with E-state index in [4.69, 9.17) is 47.4 Å². The summed E-state index contributed by atoms with van der Waals surface area (Å²) in [5, 5.41) is 197. The van der Waals surface area contributed by atoms with Crippen LogP contribution in [0.1, 0.15) is 227 Å². The van der Waals surface area contributed by atoms with Crippen molar-refractivity contribution in [2.75, 3.05) is 39.6 Å². The lowest BCUT2D eigenvalue weighted by atomic mass is 9.88. The van der Waals surface area contributed by atoms with Crippen molar-refractivity contribution in [2.45, 2.75) is 398 Å². The highest BCUT2D eigenvalue weighted by Gasteiger charge is 2.62. The second-order valence-corrected chi connectivity index (χ2v) is 30.0.